The lowest BCUT2D eigenvalue weighted by Crippen LogP contribution is -2.12. The van der Waals surface area contributed by atoms with Crippen molar-refractivity contribution in [2.75, 3.05) is 6.54 Å². The molecule has 0 amide bonds. The summed E-state index contributed by atoms with van der Waals surface area (Å²) in [6, 6.07) is 7.14. The Labute approximate surface area is 77.1 Å². The second-order valence-electron chi connectivity index (χ2n) is 3.31. The minimum absolute atomic E-state index is 0.294. The molecular formula is C10H12N2O. The summed E-state index contributed by atoms with van der Waals surface area (Å²) in [4.78, 5) is 0. The van der Waals surface area contributed by atoms with Gasteiger partial charge in [0.2, 0.25) is 0 Å². The van der Waals surface area contributed by atoms with Gasteiger partial charge in [-0.15, -0.1) is 0 Å². The van der Waals surface area contributed by atoms with Crippen molar-refractivity contribution in [3.05, 3.63) is 29.8 Å². The van der Waals surface area contributed by atoms with E-state index in [1.165, 1.54) is 0 Å². The lowest BCUT2D eigenvalue weighted by atomic mass is 10.00. The summed E-state index contributed by atoms with van der Waals surface area (Å²) in [5.41, 5.74) is 5.11. The van der Waals surface area contributed by atoms with Crippen molar-refractivity contribution in [1.82, 2.24) is 5.43 Å². The van der Waals surface area contributed by atoms with Crippen LogP contribution in [0.25, 0.3) is 0 Å². The van der Waals surface area contributed by atoms with Gasteiger partial charge < -0.3 is 10.5 Å². The van der Waals surface area contributed by atoms with E-state index < -0.39 is 0 Å². The molecule has 0 aliphatic carbocycles. The first-order valence-electron chi connectivity index (χ1n) is 4.37. The molecule has 0 saturated carbocycles. The third-order valence-corrected chi connectivity index (χ3v) is 2.23. The van der Waals surface area contributed by atoms with E-state index in [1.54, 1.807) is 12.1 Å². The SMILES string of the molecule is CC1CNN=C1c1ccc(O)cc1. The Balaban J connectivity index is 2.30. The first-order valence-corrected chi connectivity index (χ1v) is 4.37. The van der Waals surface area contributed by atoms with Crippen molar-refractivity contribution >= 4 is 5.71 Å². The zero-order valence-corrected chi connectivity index (χ0v) is 7.49. The molecule has 0 fully saturated rings. The highest BCUT2D eigenvalue weighted by atomic mass is 16.3. The van der Waals surface area contributed by atoms with Gasteiger partial charge in [0.15, 0.2) is 0 Å². The van der Waals surface area contributed by atoms with Crippen molar-refractivity contribution in [2.45, 2.75) is 6.92 Å². The molecular weight excluding hydrogens is 164 g/mol. The van der Waals surface area contributed by atoms with Gasteiger partial charge in [0, 0.05) is 12.5 Å². The summed E-state index contributed by atoms with van der Waals surface area (Å²) < 4.78 is 0. The van der Waals surface area contributed by atoms with Crippen LogP contribution in [0.4, 0.5) is 0 Å². The first-order chi connectivity index (χ1) is 6.27. The minimum Gasteiger partial charge on any atom is -0.508 e. The number of aromatic hydroxyl groups is 1. The van der Waals surface area contributed by atoms with Gasteiger partial charge in [-0.1, -0.05) is 6.92 Å². The summed E-state index contributed by atoms with van der Waals surface area (Å²) >= 11 is 0. The van der Waals surface area contributed by atoms with Crippen LogP contribution < -0.4 is 5.43 Å². The Bertz CT molecular complexity index is 329. The number of hydrazone groups is 1. The molecule has 0 saturated heterocycles. The maximum absolute atomic E-state index is 9.11. The monoisotopic (exact) mass is 176 g/mol. The number of phenols is 1. The maximum atomic E-state index is 9.11. The summed E-state index contributed by atoms with van der Waals surface area (Å²) in [6.45, 7) is 3.03. The highest BCUT2D eigenvalue weighted by molar-refractivity contribution is 6.02. The van der Waals surface area contributed by atoms with Crippen molar-refractivity contribution < 1.29 is 5.11 Å². The highest BCUT2D eigenvalue weighted by Gasteiger charge is 2.17. The lowest BCUT2D eigenvalue weighted by Gasteiger charge is -2.04. The fourth-order valence-corrected chi connectivity index (χ4v) is 1.46. The van der Waals surface area contributed by atoms with Gasteiger partial charge in [-0.3, -0.25) is 0 Å². The standard InChI is InChI=1S/C10H12N2O/c1-7-6-11-12-10(7)8-2-4-9(13)5-3-8/h2-5,7,11,13H,6H2,1H3. The van der Waals surface area contributed by atoms with E-state index in [1.807, 2.05) is 12.1 Å². The van der Waals surface area contributed by atoms with Crippen LogP contribution >= 0.6 is 0 Å². The number of nitrogens with zero attached hydrogens (tertiary/aromatic N) is 1. The predicted molar refractivity (Wildman–Crippen MR) is 51.8 cm³/mol. The topological polar surface area (TPSA) is 44.6 Å². The number of rotatable bonds is 1. The maximum Gasteiger partial charge on any atom is 0.115 e. The molecule has 0 aromatic heterocycles. The Morgan fingerprint density at radius 1 is 1.38 bits per heavy atom. The molecule has 1 aliphatic rings. The number of phenolic OH excluding ortho intramolecular Hbond substituents is 1. The smallest absolute Gasteiger partial charge is 0.115 e. The average Bonchev–Trinajstić information content (AvgIpc) is 2.53. The number of benzene rings is 1. The van der Waals surface area contributed by atoms with Crippen molar-refractivity contribution in [3.63, 3.8) is 0 Å². The van der Waals surface area contributed by atoms with Crippen LogP contribution in [-0.4, -0.2) is 17.4 Å². The molecule has 0 spiro atoms. The Hall–Kier alpha value is -1.51. The molecule has 3 nitrogen and oxygen atoms in total. The molecule has 1 aromatic carbocycles. The number of hydrogen-bond acceptors (Lipinski definition) is 3. The fourth-order valence-electron chi connectivity index (χ4n) is 1.46. The van der Waals surface area contributed by atoms with Gasteiger partial charge in [-0.25, -0.2) is 0 Å². The van der Waals surface area contributed by atoms with Gasteiger partial charge in [0.25, 0.3) is 0 Å². The summed E-state index contributed by atoms with van der Waals surface area (Å²) in [6.07, 6.45) is 0. The predicted octanol–water partition coefficient (Wildman–Crippen LogP) is 1.34. The quantitative estimate of drug-likeness (QED) is 0.678. The second-order valence-corrected chi connectivity index (χ2v) is 3.31. The van der Waals surface area contributed by atoms with Crippen molar-refractivity contribution in [3.8, 4) is 5.75 Å². The van der Waals surface area contributed by atoms with Crippen LogP contribution in [0.15, 0.2) is 29.4 Å². The van der Waals surface area contributed by atoms with Crippen LogP contribution in [0, 0.1) is 5.92 Å². The third kappa shape index (κ3) is 1.49. The highest BCUT2D eigenvalue weighted by Crippen LogP contribution is 2.16. The van der Waals surface area contributed by atoms with Crippen LogP contribution in [0.3, 0.4) is 0 Å². The summed E-state index contributed by atoms with van der Waals surface area (Å²) in [5, 5.41) is 13.3. The third-order valence-electron chi connectivity index (χ3n) is 2.23. The molecule has 2 rings (SSSR count). The van der Waals surface area contributed by atoms with E-state index >= 15 is 0 Å². The Morgan fingerprint density at radius 2 is 2.08 bits per heavy atom. The lowest BCUT2D eigenvalue weighted by molar-refractivity contribution is 0.475. The molecule has 68 valence electrons. The molecule has 1 aliphatic heterocycles. The van der Waals surface area contributed by atoms with E-state index in [0.29, 0.717) is 11.7 Å². The van der Waals surface area contributed by atoms with Crippen LogP contribution in [0.2, 0.25) is 0 Å². The van der Waals surface area contributed by atoms with Crippen molar-refractivity contribution in [1.29, 1.82) is 0 Å². The van der Waals surface area contributed by atoms with Gasteiger partial charge >= 0.3 is 0 Å². The number of nitrogens with one attached hydrogen (secondary N) is 1. The zero-order chi connectivity index (χ0) is 9.26. The summed E-state index contributed by atoms with van der Waals surface area (Å²) in [7, 11) is 0. The second kappa shape index (κ2) is 3.09. The molecule has 3 heteroatoms. The first kappa shape index (κ1) is 8.10. The minimum atomic E-state index is 0.294. The summed E-state index contributed by atoms with van der Waals surface area (Å²) in [5.74, 6) is 0.743. The van der Waals surface area contributed by atoms with E-state index in [2.05, 4.69) is 17.5 Å². The zero-order valence-electron chi connectivity index (χ0n) is 7.49. The van der Waals surface area contributed by atoms with E-state index in [-0.39, 0.29) is 0 Å². The van der Waals surface area contributed by atoms with Gasteiger partial charge in [-0.2, -0.15) is 5.10 Å². The van der Waals surface area contributed by atoms with Crippen LogP contribution in [0.1, 0.15) is 12.5 Å². The molecule has 0 bridgehead atoms. The number of hydrogen-bond donors (Lipinski definition) is 2. The van der Waals surface area contributed by atoms with Crippen LogP contribution in [-0.2, 0) is 0 Å². The van der Waals surface area contributed by atoms with Crippen molar-refractivity contribution in [2.24, 2.45) is 11.0 Å². The van der Waals surface area contributed by atoms with E-state index in [9.17, 15) is 0 Å². The van der Waals surface area contributed by atoms with Gasteiger partial charge in [-0.05, 0) is 29.8 Å². The Morgan fingerprint density at radius 3 is 2.62 bits per heavy atom. The molecule has 1 aromatic rings. The van der Waals surface area contributed by atoms with Gasteiger partial charge in [0.05, 0.1) is 5.71 Å². The normalized spacial score (nSPS) is 21.0. The molecule has 1 unspecified atom stereocenters. The molecule has 1 heterocycles. The molecule has 2 N–H and O–H groups in total. The average molecular weight is 176 g/mol. The largest absolute Gasteiger partial charge is 0.508 e. The van der Waals surface area contributed by atoms with E-state index in [4.69, 9.17) is 5.11 Å². The Kier molecular flexibility index (Phi) is 1.93. The van der Waals surface area contributed by atoms with E-state index in [0.717, 1.165) is 17.8 Å². The van der Waals surface area contributed by atoms with Crippen LogP contribution in [0.5, 0.6) is 5.75 Å². The fraction of sp³-hybridized carbons (Fsp3) is 0.300. The molecule has 13 heavy (non-hydrogen) atoms. The molecule has 0 radical (unpaired) electrons. The molecule has 1 atom stereocenters. The van der Waals surface area contributed by atoms with Gasteiger partial charge in [0.1, 0.15) is 5.75 Å².